The van der Waals surface area contributed by atoms with E-state index in [2.05, 4.69) is 32.2 Å². The Bertz CT molecular complexity index is 644. The van der Waals surface area contributed by atoms with Crippen molar-refractivity contribution in [3.8, 4) is 0 Å². The normalized spacial score (nSPS) is 10.7. The number of carbonyl (C=O) groups excluding carboxylic acids is 1. The van der Waals surface area contributed by atoms with Crippen LogP contribution in [0.4, 0.5) is 5.69 Å². The number of Topliss-reactive ketones (excluding diaryl/α,β-unsaturated/α-hetero) is 1. The van der Waals surface area contributed by atoms with Crippen LogP contribution >= 0.6 is 0 Å². The summed E-state index contributed by atoms with van der Waals surface area (Å²) in [6, 6.07) is 14.4. The average Bonchev–Trinajstić information content (AvgIpc) is 2.40. The molecule has 110 valence electrons. The van der Waals surface area contributed by atoms with E-state index in [4.69, 9.17) is 0 Å². The van der Waals surface area contributed by atoms with E-state index in [0.29, 0.717) is 12.5 Å². The molecule has 21 heavy (non-hydrogen) atoms. The fourth-order valence-electron chi connectivity index (χ4n) is 2.37. The SMILES string of the molecule is Cc1cccc(CC(=O)c2ccc(C)c(NC(C)C)c2)c1. The van der Waals surface area contributed by atoms with Crippen LogP contribution in [0.25, 0.3) is 0 Å². The average molecular weight is 281 g/mol. The summed E-state index contributed by atoms with van der Waals surface area (Å²) >= 11 is 0. The van der Waals surface area contributed by atoms with Crippen molar-refractivity contribution in [2.24, 2.45) is 0 Å². The Balaban J connectivity index is 2.19. The maximum atomic E-state index is 12.4. The minimum atomic E-state index is 0.160. The zero-order valence-electron chi connectivity index (χ0n) is 13.2. The molecule has 0 aliphatic rings. The predicted molar refractivity (Wildman–Crippen MR) is 89.2 cm³/mol. The number of nitrogens with one attached hydrogen (secondary N) is 1. The van der Waals surface area contributed by atoms with Gasteiger partial charge < -0.3 is 5.32 Å². The molecule has 0 amide bonds. The van der Waals surface area contributed by atoms with Gasteiger partial charge in [-0.25, -0.2) is 0 Å². The van der Waals surface area contributed by atoms with Crippen LogP contribution in [-0.4, -0.2) is 11.8 Å². The van der Waals surface area contributed by atoms with Gasteiger partial charge in [-0.05, 0) is 44.9 Å². The van der Waals surface area contributed by atoms with Crippen LogP contribution in [0.15, 0.2) is 42.5 Å². The molecule has 2 rings (SSSR count). The van der Waals surface area contributed by atoms with Crippen molar-refractivity contribution in [3.63, 3.8) is 0 Å². The molecule has 0 radical (unpaired) electrons. The lowest BCUT2D eigenvalue weighted by molar-refractivity contribution is 0.0993. The summed E-state index contributed by atoms with van der Waals surface area (Å²) in [5.74, 6) is 0.160. The number of rotatable bonds is 5. The summed E-state index contributed by atoms with van der Waals surface area (Å²) in [5, 5.41) is 3.39. The second kappa shape index (κ2) is 6.57. The largest absolute Gasteiger partial charge is 0.383 e. The number of benzene rings is 2. The Hall–Kier alpha value is -2.09. The van der Waals surface area contributed by atoms with Gasteiger partial charge in [-0.15, -0.1) is 0 Å². The monoisotopic (exact) mass is 281 g/mol. The van der Waals surface area contributed by atoms with Crippen LogP contribution in [0.2, 0.25) is 0 Å². The first kappa shape index (κ1) is 15.3. The molecule has 2 aromatic carbocycles. The summed E-state index contributed by atoms with van der Waals surface area (Å²) in [7, 11) is 0. The van der Waals surface area contributed by atoms with Crippen LogP contribution in [0.3, 0.4) is 0 Å². The molecule has 0 fully saturated rings. The lowest BCUT2D eigenvalue weighted by atomic mass is 10.00. The Morgan fingerprint density at radius 2 is 1.86 bits per heavy atom. The van der Waals surface area contributed by atoms with Gasteiger partial charge in [0.15, 0.2) is 5.78 Å². The van der Waals surface area contributed by atoms with Crippen LogP contribution in [0.1, 0.15) is 40.9 Å². The fraction of sp³-hybridized carbons (Fsp3) is 0.316. The molecular formula is C19H23NO. The maximum Gasteiger partial charge on any atom is 0.167 e. The standard InChI is InChI=1S/C19H23NO/c1-13(2)20-18-12-17(9-8-15(18)4)19(21)11-16-7-5-6-14(3)10-16/h5-10,12-13,20H,11H2,1-4H3. The molecule has 2 heteroatoms. The van der Waals surface area contributed by atoms with Gasteiger partial charge in [0, 0.05) is 23.7 Å². The van der Waals surface area contributed by atoms with Crippen molar-refractivity contribution in [2.45, 2.75) is 40.2 Å². The molecule has 0 saturated heterocycles. The van der Waals surface area contributed by atoms with Gasteiger partial charge in [-0.2, -0.15) is 0 Å². The van der Waals surface area contributed by atoms with Gasteiger partial charge in [-0.1, -0.05) is 42.0 Å². The first-order valence-corrected chi connectivity index (χ1v) is 7.41. The van der Waals surface area contributed by atoms with Crippen molar-refractivity contribution in [3.05, 3.63) is 64.7 Å². The molecule has 0 heterocycles. The van der Waals surface area contributed by atoms with Crippen LogP contribution in [-0.2, 0) is 6.42 Å². The molecule has 0 aliphatic heterocycles. The Labute approximate surface area is 127 Å². The summed E-state index contributed by atoms with van der Waals surface area (Å²) in [6.45, 7) is 8.30. The van der Waals surface area contributed by atoms with Crippen molar-refractivity contribution in [1.29, 1.82) is 0 Å². The Morgan fingerprint density at radius 1 is 1.10 bits per heavy atom. The van der Waals surface area contributed by atoms with Gasteiger partial charge in [0.25, 0.3) is 0 Å². The number of aryl methyl sites for hydroxylation is 2. The maximum absolute atomic E-state index is 12.4. The lowest BCUT2D eigenvalue weighted by Gasteiger charge is -2.14. The second-order valence-electron chi connectivity index (χ2n) is 5.92. The quantitative estimate of drug-likeness (QED) is 0.815. The van der Waals surface area contributed by atoms with Gasteiger partial charge in [-0.3, -0.25) is 4.79 Å². The third kappa shape index (κ3) is 4.19. The molecule has 0 atom stereocenters. The summed E-state index contributed by atoms with van der Waals surface area (Å²) in [4.78, 5) is 12.4. The lowest BCUT2D eigenvalue weighted by Crippen LogP contribution is -2.12. The number of hydrogen-bond acceptors (Lipinski definition) is 2. The molecule has 2 nitrogen and oxygen atoms in total. The molecule has 0 spiro atoms. The topological polar surface area (TPSA) is 29.1 Å². The number of anilines is 1. The first-order valence-electron chi connectivity index (χ1n) is 7.41. The number of carbonyl (C=O) groups is 1. The van der Waals surface area contributed by atoms with Crippen molar-refractivity contribution in [2.75, 3.05) is 5.32 Å². The third-order valence-corrected chi connectivity index (χ3v) is 3.45. The highest BCUT2D eigenvalue weighted by molar-refractivity contribution is 5.98. The minimum Gasteiger partial charge on any atom is -0.383 e. The van der Waals surface area contributed by atoms with Crippen molar-refractivity contribution in [1.82, 2.24) is 0 Å². The highest BCUT2D eigenvalue weighted by atomic mass is 16.1. The molecule has 2 aromatic rings. The zero-order chi connectivity index (χ0) is 15.4. The van der Waals surface area contributed by atoms with E-state index in [0.717, 1.165) is 22.4 Å². The van der Waals surface area contributed by atoms with E-state index in [1.165, 1.54) is 5.56 Å². The molecule has 0 aromatic heterocycles. The zero-order valence-corrected chi connectivity index (χ0v) is 13.2. The predicted octanol–water partition coefficient (Wildman–Crippen LogP) is 4.55. The van der Waals surface area contributed by atoms with Gasteiger partial charge in [0.1, 0.15) is 0 Å². The van der Waals surface area contributed by atoms with Crippen LogP contribution in [0, 0.1) is 13.8 Å². The Morgan fingerprint density at radius 3 is 2.52 bits per heavy atom. The van der Waals surface area contributed by atoms with Gasteiger partial charge in [0.2, 0.25) is 0 Å². The molecule has 0 saturated carbocycles. The number of hydrogen-bond donors (Lipinski definition) is 1. The van der Waals surface area contributed by atoms with E-state index in [-0.39, 0.29) is 5.78 Å². The van der Waals surface area contributed by atoms with E-state index < -0.39 is 0 Å². The molecule has 1 N–H and O–H groups in total. The van der Waals surface area contributed by atoms with Gasteiger partial charge in [0.05, 0.1) is 0 Å². The van der Waals surface area contributed by atoms with Crippen LogP contribution < -0.4 is 5.32 Å². The highest BCUT2D eigenvalue weighted by Gasteiger charge is 2.10. The smallest absolute Gasteiger partial charge is 0.167 e. The first-order chi connectivity index (χ1) is 9.95. The van der Waals surface area contributed by atoms with Crippen molar-refractivity contribution >= 4 is 11.5 Å². The third-order valence-electron chi connectivity index (χ3n) is 3.45. The molecule has 0 bridgehead atoms. The summed E-state index contributed by atoms with van der Waals surface area (Å²) in [5.41, 5.74) is 5.23. The summed E-state index contributed by atoms with van der Waals surface area (Å²) < 4.78 is 0. The fourth-order valence-corrected chi connectivity index (χ4v) is 2.37. The molecular weight excluding hydrogens is 258 g/mol. The second-order valence-corrected chi connectivity index (χ2v) is 5.92. The van der Waals surface area contributed by atoms with E-state index in [1.54, 1.807) is 0 Å². The highest BCUT2D eigenvalue weighted by Crippen LogP contribution is 2.19. The minimum absolute atomic E-state index is 0.160. The van der Waals surface area contributed by atoms with E-state index in [9.17, 15) is 4.79 Å². The Kier molecular flexibility index (Phi) is 4.79. The van der Waals surface area contributed by atoms with E-state index >= 15 is 0 Å². The molecule has 0 unspecified atom stereocenters. The van der Waals surface area contributed by atoms with Crippen molar-refractivity contribution < 1.29 is 4.79 Å². The van der Waals surface area contributed by atoms with Gasteiger partial charge >= 0.3 is 0 Å². The summed E-state index contributed by atoms with van der Waals surface area (Å²) in [6.07, 6.45) is 0.450. The molecule has 0 aliphatic carbocycles. The number of ketones is 1. The van der Waals surface area contributed by atoms with E-state index in [1.807, 2.05) is 43.3 Å². The van der Waals surface area contributed by atoms with Crippen LogP contribution in [0.5, 0.6) is 0 Å².